The second-order valence-corrected chi connectivity index (χ2v) is 9.37. The van der Waals surface area contributed by atoms with Crippen LogP contribution >= 0.6 is 23.4 Å². The molecule has 2 amide bonds. The Labute approximate surface area is 208 Å². The maximum atomic E-state index is 13.3. The van der Waals surface area contributed by atoms with Gasteiger partial charge in [0.15, 0.2) is 0 Å². The normalized spacial score (nSPS) is 11.5. The summed E-state index contributed by atoms with van der Waals surface area (Å²) in [5.41, 5.74) is 3.89. The minimum atomic E-state index is -0.471. The molecule has 6 heteroatoms. The van der Waals surface area contributed by atoms with Crippen LogP contribution in [-0.4, -0.2) is 11.8 Å². The number of rotatable bonds is 7. The zero-order chi connectivity index (χ0) is 23.9. The second kappa shape index (κ2) is 11.1. The van der Waals surface area contributed by atoms with Crippen molar-refractivity contribution in [2.24, 2.45) is 0 Å². The molecule has 1 atom stereocenters. The predicted molar refractivity (Wildman–Crippen MR) is 141 cm³/mol. The topological polar surface area (TPSA) is 58.2 Å². The van der Waals surface area contributed by atoms with Gasteiger partial charge in [0.05, 0.1) is 0 Å². The summed E-state index contributed by atoms with van der Waals surface area (Å²) in [7, 11) is 0. The third-order valence-corrected chi connectivity index (χ3v) is 6.58. The monoisotopic (exact) mass is 486 g/mol. The van der Waals surface area contributed by atoms with Crippen LogP contribution in [0.25, 0.3) is 0 Å². The zero-order valence-electron chi connectivity index (χ0n) is 18.5. The average molecular weight is 487 g/mol. The van der Waals surface area contributed by atoms with E-state index >= 15 is 0 Å². The number of hydrogen-bond acceptors (Lipinski definition) is 3. The molecule has 0 saturated heterocycles. The summed E-state index contributed by atoms with van der Waals surface area (Å²) in [5.74, 6) is -0.366. The van der Waals surface area contributed by atoms with Crippen LogP contribution < -0.4 is 10.6 Å². The lowest BCUT2D eigenvalue weighted by atomic mass is 10.1. The van der Waals surface area contributed by atoms with Crippen LogP contribution in [0.3, 0.4) is 0 Å². The average Bonchev–Trinajstić information content (AvgIpc) is 2.84. The van der Waals surface area contributed by atoms with Crippen molar-refractivity contribution in [3.63, 3.8) is 0 Å². The molecule has 2 N–H and O–H groups in total. The third kappa shape index (κ3) is 6.28. The first-order valence-corrected chi connectivity index (χ1v) is 12.0. The number of aryl methyl sites for hydroxylation is 1. The van der Waals surface area contributed by atoms with Crippen molar-refractivity contribution in [1.29, 1.82) is 0 Å². The summed E-state index contributed by atoms with van der Waals surface area (Å²) < 4.78 is 0. The third-order valence-electron chi connectivity index (χ3n) is 5.09. The van der Waals surface area contributed by atoms with E-state index in [2.05, 4.69) is 10.6 Å². The van der Waals surface area contributed by atoms with Crippen molar-refractivity contribution < 1.29 is 9.59 Å². The fourth-order valence-electron chi connectivity index (χ4n) is 3.36. The maximum Gasteiger partial charge on any atom is 0.255 e. The van der Waals surface area contributed by atoms with E-state index in [1.807, 2.05) is 85.8 Å². The van der Waals surface area contributed by atoms with Crippen molar-refractivity contribution in [2.75, 3.05) is 10.6 Å². The number of nitrogens with one attached hydrogen (secondary N) is 2. The number of hydrogen-bond donors (Lipinski definition) is 2. The van der Waals surface area contributed by atoms with Gasteiger partial charge in [-0.2, -0.15) is 0 Å². The number of thioether (sulfide) groups is 1. The molecule has 4 aromatic carbocycles. The van der Waals surface area contributed by atoms with Gasteiger partial charge < -0.3 is 10.6 Å². The molecular weight excluding hydrogens is 464 g/mol. The van der Waals surface area contributed by atoms with Crippen molar-refractivity contribution in [3.05, 3.63) is 125 Å². The molecule has 0 aliphatic heterocycles. The number of carbonyl (C=O) groups excluding carboxylic acids is 2. The molecule has 4 nitrogen and oxygen atoms in total. The lowest BCUT2D eigenvalue weighted by molar-refractivity contribution is -0.115. The van der Waals surface area contributed by atoms with Gasteiger partial charge in [0.1, 0.15) is 5.25 Å². The smallest absolute Gasteiger partial charge is 0.255 e. The molecule has 0 aliphatic carbocycles. The molecule has 0 fully saturated rings. The molecule has 170 valence electrons. The Morgan fingerprint density at radius 3 is 2.24 bits per heavy atom. The largest absolute Gasteiger partial charge is 0.325 e. The number of amides is 2. The van der Waals surface area contributed by atoms with E-state index in [9.17, 15) is 9.59 Å². The first-order chi connectivity index (χ1) is 16.5. The van der Waals surface area contributed by atoms with Crippen LogP contribution in [0, 0.1) is 6.92 Å². The molecule has 0 radical (unpaired) electrons. The summed E-state index contributed by atoms with van der Waals surface area (Å²) in [4.78, 5) is 26.7. The van der Waals surface area contributed by atoms with Gasteiger partial charge in [-0.1, -0.05) is 71.8 Å². The summed E-state index contributed by atoms with van der Waals surface area (Å²) >= 11 is 7.43. The molecule has 0 saturated carbocycles. The standard InChI is InChI=1S/C28H23ClN2O2S/c1-19-13-15-23(16-14-19)30-28(33)26(20-7-3-2-4-8-20)34-25-12-6-11-24(18-25)31-27(32)21-9-5-10-22(29)17-21/h2-18,26H,1H3,(H,30,33)(H,31,32). The van der Waals surface area contributed by atoms with Crippen molar-refractivity contribution in [3.8, 4) is 0 Å². The maximum absolute atomic E-state index is 13.3. The van der Waals surface area contributed by atoms with Gasteiger partial charge in [-0.05, 0) is 61.0 Å². The highest BCUT2D eigenvalue weighted by atomic mass is 35.5. The van der Waals surface area contributed by atoms with Crippen LogP contribution in [0.15, 0.2) is 108 Å². The van der Waals surface area contributed by atoms with E-state index < -0.39 is 5.25 Å². The minimum absolute atomic E-state index is 0.117. The number of halogens is 1. The Morgan fingerprint density at radius 1 is 0.765 bits per heavy atom. The van der Waals surface area contributed by atoms with E-state index in [1.165, 1.54) is 11.8 Å². The summed E-state index contributed by atoms with van der Waals surface area (Å²) in [6.45, 7) is 2.01. The predicted octanol–water partition coefficient (Wildman–Crippen LogP) is 7.37. The SMILES string of the molecule is Cc1ccc(NC(=O)C(Sc2cccc(NC(=O)c3cccc(Cl)c3)c2)c2ccccc2)cc1. The number of benzene rings is 4. The molecule has 0 aromatic heterocycles. The number of carbonyl (C=O) groups is 2. The van der Waals surface area contributed by atoms with Gasteiger partial charge >= 0.3 is 0 Å². The van der Waals surface area contributed by atoms with Crippen LogP contribution in [-0.2, 0) is 4.79 Å². The van der Waals surface area contributed by atoms with E-state index in [0.717, 1.165) is 21.7 Å². The molecule has 4 rings (SSSR count). The van der Waals surface area contributed by atoms with E-state index in [-0.39, 0.29) is 11.8 Å². The first-order valence-electron chi connectivity index (χ1n) is 10.7. The Bertz CT molecular complexity index is 1290. The van der Waals surface area contributed by atoms with Gasteiger partial charge in [-0.15, -0.1) is 11.8 Å². The second-order valence-electron chi connectivity index (χ2n) is 7.76. The molecule has 0 aliphatic rings. The number of anilines is 2. The molecule has 0 heterocycles. The zero-order valence-corrected chi connectivity index (χ0v) is 20.1. The summed E-state index contributed by atoms with van der Waals surface area (Å²) in [5, 5.41) is 5.95. The van der Waals surface area contributed by atoms with Gasteiger partial charge in [0, 0.05) is 26.9 Å². The highest BCUT2D eigenvalue weighted by molar-refractivity contribution is 8.00. The van der Waals surface area contributed by atoms with Crippen molar-refractivity contribution in [2.45, 2.75) is 17.1 Å². The van der Waals surface area contributed by atoms with Crippen LogP contribution in [0.1, 0.15) is 26.7 Å². The fourth-order valence-corrected chi connectivity index (χ4v) is 4.64. The lowest BCUT2D eigenvalue weighted by Gasteiger charge is -2.18. The molecule has 0 bridgehead atoms. The van der Waals surface area contributed by atoms with Crippen molar-refractivity contribution in [1.82, 2.24) is 0 Å². The van der Waals surface area contributed by atoms with E-state index in [1.54, 1.807) is 24.3 Å². The quantitative estimate of drug-likeness (QED) is 0.268. The highest BCUT2D eigenvalue weighted by Gasteiger charge is 2.22. The first kappa shape index (κ1) is 23.6. The van der Waals surface area contributed by atoms with Gasteiger partial charge in [-0.3, -0.25) is 9.59 Å². The van der Waals surface area contributed by atoms with Gasteiger partial charge in [0.2, 0.25) is 5.91 Å². The fraction of sp³-hybridized carbons (Fsp3) is 0.0714. The molecule has 1 unspecified atom stereocenters. The molecule has 0 spiro atoms. The Hall–Kier alpha value is -3.54. The minimum Gasteiger partial charge on any atom is -0.325 e. The lowest BCUT2D eigenvalue weighted by Crippen LogP contribution is -2.19. The van der Waals surface area contributed by atoms with Gasteiger partial charge in [-0.25, -0.2) is 0 Å². The van der Waals surface area contributed by atoms with Crippen LogP contribution in [0.2, 0.25) is 5.02 Å². The summed E-state index contributed by atoms with van der Waals surface area (Å²) in [6, 6.07) is 31.6. The Morgan fingerprint density at radius 2 is 1.50 bits per heavy atom. The van der Waals surface area contributed by atoms with Gasteiger partial charge in [0.25, 0.3) is 5.91 Å². The van der Waals surface area contributed by atoms with Crippen molar-refractivity contribution >= 4 is 46.6 Å². The molecule has 4 aromatic rings. The van der Waals surface area contributed by atoms with E-state index in [4.69, 9.17) is 11.6 Å². The van der Waals surface area contributed by atoms with E-state index in [0.29, 0.717) is 16.3 Å². The molecule has 34 heavy (non-hydrogen) atoms. The van der Waals surface area contributed by atoms with Crippen LogP contribution in [0.5, 0.6) is 0 Å². The summed E-state index contributed by atoms with van der Waals surface area (Å²) in [6.07, 6.45) is 0. The van der Waals surface area contributed by atoms with Crippen LogP contribution in [0.4, 0.5) is 11.4 Å². The highest BCUT2D eigenvalue weighted by Crippen LogP contribution is 2.37. The Kier molecular flexibility index (Phi) is 7.68. The Balaban J connectivity index is 1.53. The molecular formula is C28H23ClN2O2S.